The lowest BCUT2D eigenvalue weighted by Crippen LogP contribution is -2.48. The second-order valence-corrected chi connectivity index (χ2v) is 6.41. The lowest BCUT2D eigenvalue weighted by Gasteiger charge is -2.35. The molecule has 128 valence electrons. The third kappa shape index (κ3) is 4.64. The minimum Gasteiger partial charge on any atom is -0.340 e. The van der Waals surface area contributed by atoms with Crippen molar-refractivity contribution in [2.75, 3.05) is 26.2 Å². The second kappa shape index (κ2) is 8.06. The minimum absolute atomic E-state index is 0.255. The molecule has 2 aromatic rings. The van der Waals surface area contributed by atoms with Crippen LogP contribution < -0.4 is 0 Å². The highest BCUT2D eigenvalue weighted by Crippen LogP contribution is 2.11. The molecule has 1 aromatic heterocycles. The van der Waals surface area contributed by atoms with Crippen LogP contribution in [0.5, 0.6) is 0 Å². The van der Waals surface area contributed by atoms with Crippen LogP contribution in [0.4, 0.5) is 0 Å². The fourth-order valence-electron chi connectivity index (χ4n) is 3.12. The van der Waals surface area contributed by atoms with Crippen molar-refractivity contribution in [1.29, 1.82) is 0 Å². The molecular weight excluding hydrogens is 302 g/mol. The Morgan fingerprint density at radius 3 is 2.75 bits per heavy atom. The molecular formula is C18H25N5O. The van der Waals surface area contributed by atoms with Crippen LogP contribution in [0.2, 0.25) is 0 Å². The zero-order valence-electron chi connectivity index (χ0n) is 14.3. The van der Waals surface area contributed by atoms with Gasteiger partial charge >= 0.3 is 0 Å². The molecule has 0 saturated carbocycles. The average Bonchev–Trinajstić information content (AvgIpc) is 3.09. The van der Waals surface area contributed by atoms with Gasteiger partial charge in [0.2, 0.25) is 5.91 Å². The molecule has 3 rings (SSSR count). The van der Waals surface area contributed by atoms with Crippen molar-refractivity contribution >= 4 is 5.91 Å². The summed E-state index contributed by atoms with van der Waals surface area (Å²) in [6.07, 6.45) is 4.60. The molecule has 0 radical (unpaired) electrons. The molecule has 0 spiro atoms. The second-order valence-electron chi connectivity index (χ2n) is 6.41. The van der Waals surface area contributed by atoms with Crippen molar-refractivity contribution in [3.8, 4) is 0 Å². The number of nitrogens with zero attached hydrogens (tertiary/aromatic N) is 5. The molecule has 0 aliphatic carbocycles. The van der Waals surface area contributed by atoms with Gasteiger partial charge in [-0.1, -0.05) is 29.8 Å². The van der Waals surface area contributed by atoms with Crippen molar-refractivity contribution in [3.05, 3.63) is 48.0 Å². The normalized spacial score (nSPS) is 15.6. The van der Waals surface area contributed by atoms with Gasteiger partial charge in [-0.05, 0) is 18.9 Å². The van der Waals surface area contributed by atoms with Gasteiger partial charge in [-0.25, -0.2) is 4.98 Å². The Hall–Kier alpha value is -2.21. The molecule has 1 aromatic carbocycles. The van der Waals surface area contributed by atoms with Crippen LogP contribution in [0, 0.1) is 6.92 Å². The summed E-state index contributed by atoms with van der Waals surface area (Å²) in [5.41, 5.74) is 2.65. The number of rotatable bonds is 6. The SMILES string of the molecule is Cc1cccc(CN2CCN(C(=O)CCCn3cncn3)CC2)c1. The van der Waals surface area contributed by atoms with Crippen molar-refractivity contribution in [2.45, 2.75) is 32.9 Å². The van der Waals surface area contributed by atoms with Gasteiger partial charge in [0.05, 0.1) is 0 Å². The Bertz CT molecular complexity index is 647. The van der Waals surface area contributed by atoms with E-state index in [1.165, 1.54) is 17.5 Å². The first-order valence-corrected chi connectivity index (χ1v) is 8.59. The number of carbonyl (C=O) groups is 1. The Kier molecular flexibility index (Phi) is 5.59. The topological polar surface area (TPSA) is 54.3 Å². The van der Waals surface area contributed by atoms with Crippen LogP contribution in [0.25, 0.3) is 0 Å². The molecule has 6 nitrogen and oxygen atoms in total. The standard InChI is InChI=1S/C18H25N5O/c1-16-4-2-5-17(12-16)13-21-8-10-22(11-9-21)18(24)6-3-7-23-15-19-14-20-23/h2,4-5,12,14-15H,3,6-11,13H2,1H3. The van der Waals surface area contributed by atoms with Crippen LogP contribution in [-0.2, 0) is 17.9 Å². The number of piperazine rings is 1. The summed E-state index contributed by atoms with van der Waals surface area (Å²) in [5, 5.41) is 4.06. The van der Waals surface area contributed by atoms with Gasteiger partial charge in [0.15, 0.2) is 0 Å². The lowest BCUT2D eigenvalue weighted by molar-refractivity contribution is -0.133. The monoisotopic (exact) mass is 327 g/mol. The molecule has 0 unspecified atom stereocenters. The predicted octanol–water partition coefficient (Wildman–Crippen LogP) is 1.71. The van der Waals surface area contributed by atoms with E-state index < -0.39 is 0 Å². The van der Waals surface area contributed by atoms with Crippen LogP contribution in [-0.4, -0.2) is 56.7 Å². The minimum atomic E-state index is 0.255. The fraction of sp³-hybridized carbons (Fsp3) is 0.500. The van der Waals surface area contributed by atoms with Crippen molar-refractivity contribution in [1.82, 2.24) is 24.6 Å². The Morgan fingerprint density at radius 2 is 2.04 bits per heavy atom. The summed E-state index contributed by atoms with van der Waals surface area (Å²) in [6.45, 7) is 7.39. The van der Waals surface area contributed by atoms with Gasteiger partial charge < -0.3 is 4.90 Å². The summed E-state index contributed by atoms with van der Waals surface area (Å²) in [7, 11) is 0. The third-order valence-electron chi connectivity index (χ3n) is 4.46. The first kappa shape index (κ1) is 16.6. The predicted molar refractivity (Wildman–Crippen MR) is 92.3 cm³/mol. The summed E-state index contributed by atoms with van der Waals surface area (Å²) in [4.78, 5) is 20.6. The first-order valence-electron chi connectivity index (χ1n) is 8.59. The van der Waals surface area contributed by atoms with Crippen LogP contribution >= 0.6 is 0 Å². The maximum Gasteiger partial charge on any atom is 0.222 e. The molecule has 1 aliphatic rings. The Balaban J connectivity index is 1.38. The highest BCUT2D eigenvalue weighted by molar-refractivity contribution is 5.76. The number of carbonyl (C=O) groups excluding carboxylic acids is 1. The fourth-order valence-corrected chi connectivity index (χ4v) is 3.12. The molecule has 1 fully saturated rings. The summed E-state index contributed by atoms with van der Waals surface area (Å²) in [6, 6.07) is 8.65. The van der Waals surface area contributed by atoms with E-state index in [0.29, 0.717) is 6.42 Å². The van der Waals surface area contributed by atoms with Crippen molar-refractivity contribution in [3.63, 3.8) is 0 Å². The molecule has 0 bridgehead atoms. The van der Waals surface area contributed by atoms with Gasteiger partial charge in [-0.3, -0.25) is 14.4 Å². The molecule has 1 aliphatic heterocycles. The van der Waals surface area contributed by atoms with Crippen LogP contribution in [0.1, 0.15) is 24.0 Å². The number of hydrogen-bond donors (Lipinski definition) is 0. The number of amides is 1. The zero-order chi connectivity index (χ0) is 16.8. The Labute approximate surface area is 143 Å². The van der Waals surface area contributed by atoms with Crippen LogP contribution in [0.15, 0.2) is 36.9 Å². The molecule has 0 atom stereocenters. The molecule has 1 saturated heterocycles. The van der Waals surface area contributed by atoms with E-state index in [4.69, 9.17) is 0 Å². The van der Waals surface area contributed by atoms with E-state index in [1.807, 2.05) is 4.90 Å². The maximum absolute atomic E-state index is 12.3. The summed E-state index contributed by atoms with van der Waals surface area (Å²) in [5.74, 6) is 0.255. The quantitative estimate of drug-likeness (QED) is 0.810. The number of aromatic nitrogens is 3. The first-order chi connectivity index (χ1) is 11.7. The van der Waals surface area contributed by atoms with E-state index in [0.717, 1.165) is 45.7 Å². The van der Waals surface area contributed by atoms with Gasteiger partial charge in [0, 0.05) is 45.7 Å². The highest BCUT2D eigenvalue weighted by Gasteiger charge is 2.20. The van der Waals surface area contributed by atoms with Crippen molar-refractivity contribution in [2.24, 2.45) is 0 Å². The molecule has 0 N–H and O–H groups in total. The Morgan fingerprint density at radius 1 is 1.21 bits per heavy atom. The van der Waals surface area contributed by atoms with Crippen molar-refractivity contribution < 1.29 is 4.79 Å². The molecule has 24 heavy (non-hydrogen) atoms. The lowest BCUT2D eigenvalue weighted by atomic mass is 10.1. The molecule has 2 heterocycles. The van der Waals surface area contributed by atoms with Gasteiger partial charge in [0.25, 0.3) is 0 Å². The van der Waals surface area contributed by atoms with Gasteiger partial charge in [-0.15, -0.1) is 0 Å². The molecule has 1 amide bonds. The highest BCUT2D eigenvalue weighted by atomic mass is 16.2. The number of benzene rings is 1. The van der Waals surface area contributed by atoms with E-state index >= 15 is 0 Å². The van der Waals surface area contributed by atoms with Gasteiger partial charge in [-0.2, -0.15) is 5.10 Å². The maximum atomic E-state index is 12.3. The largest absolute Gasteiger partial charge is 0.340 e. The third-order valence-corrected chi connectivity index (χ3v) is 4.46. The molecule has 6 heteroatoms. The van der Waals surface area contributed by atoms with E-state index in [1.54, 1.807) is 11.0 Å². The number of hydrogen-bond acceptors (Lipinski definition) is 4. The van der Waals surface area contributed by atoms with E-state index in [2.05, 4.69) is 46.2 Å². The summed E-state index contributed by atoms with van der Waals surface area (Å²) >= 11 is 0. The van der Waals surface area contributed by atoms with Crippen LogP contribution in [0.3, 0.4) is 0 Å². The van der Waals surface area contributed by atoms with E-state index in [-0.39, 0.29) is 5.91 Å². The van der Waals surface area contributed by atoms with E-state index in [9.17, 15) is 4.79 Å². The van der Waals surface area contributed by atoms with Gasteiger partial charge in [0.1, 0.15) is 12.7 Å². The average molecular weight is 327 g/mol. The zero-order valence-corrected chi connectivity index (χ0v) is 14.3. The number of aryl methyl sites for hydroxylation is 2. The smallest absolute Gasteiger partial charge is 0.222 e. The summed E-state index contributed by atoms with van der Waals surface area (Å²) < 4.78 is 1.77.